The predicted molar refractivity (Wildman–Crippen MR) is 91.4 cm³/mol. The van der Waals surface area contributed by atoms with Gasteiger partial charge in [0.05, 0.1) is 5.39 Å². The van der Waals surface area contributed by atoms with Crippen LogP contribution in [0.2, 0.25) is 0 Å². The van der Waals surface area contributed by atoms with Gasteiger partial charge in [-0.2, -0.15) is 5.10 Å². The summed E-state index contributed by atoms with van der Waals surface area (Å²) in [6.07, 6.45) is 0.715. The van der Waals surface area contributed by atoms with E-state index in [1.54, 1.807) is 45.0 Å². The van der Waals surface area contributed by atoms with E-state index in [0.29, 0.717) is 23.7 Å². The van der Waals surface area contributed by atoms with Crippen molar-refractivity contribution in [2.45, 2.75) is 40.7 Å². The van der Waals surface area contributed by atoms with Gasteiger partial charge in [0.25, 0.3) is 11.5 Å². The van der Waals surface area contributed by atoms with Crippen LogP contribution in [0.5, 0.6) is 0 Å². The lowest BCUT2D eigenvalue weighted by Crippen LogP contribution is -2.47. The summed E-state index contributed by atoms with van der Waals surface area (Å²) in [6, 6.07) is 6.80. The number of fused-ring (bicyclic) bond motifs is 1. The Balaban J connectivity index is 2.40. The average molecular weight is 330 g/mol. The summed E-state index contributed by atoms with van der Waals surface area (Å²) in [7, 11) is 0. The van der Waals surface area contributed by atoms with Crippen molar-refractivity contribution in [1.29, 1.82) is 0 Å². The topological polar surface area (TPSA) is 93.1 Å². The summed E-state index contributed by atoms with van der Waals surface area (Å²) in [5, 5.41) is 5.05. The zero-order valence-electron chi connectivity index (χ0n) is 14.3. The molecular weight excluding hydrogens is 308 g/mol. The van der Waals surface area contributed by atoms with E-state index in [2.05, 4.69) is 16.0 Å². The number of amides is 2. The van der Waals surface area contributed by atoms with Crippen LogP contribution in [0.4, 0.5) is 0 Å². The standard InChI is InChI=1S/C17H22N4O3/c1-5-10-21-15(23)12-9-7-6-8-11(12)13(20-21)14(22)18-19-16(24)17(2,3)4/h6-9H,5,10H2,1-4H3,(H,18,22)(H,19,24). The van der Waals surface area contributed by atoms with E-state index in [9.17, 15) is 14.4 Å². The number of aryl methyl sites for hydroxylation is 1. The van der Waals surface area contributed by atoms with Gasteiger partial charge in [-0.3, -0.25) is 25.2 Å². The van der Waals surface area contributed by atoms with E-state index in [1.807, 2.05) is 6.92 Å². The number of hydrazine groups is 1. The third kappa shape index (κ3) is 3.61. The Kier molecular flexibility index (Phi) is 5.02. The second-order valence-corrected chi connectivity index (χ2v) is 6.58. The first kappa shape index (κ1) is 17.7. The number of hydrogen-bond acceptors (Lipinski definition) is 4. The largest absolute Gasteiger partial charge is 0.290 e. The first-order valence-corrected chi connectivity index (χ1v) is 7.86. The van der Waals surface area contributed by atoms with Gasteiger partial charge in [-0.15, -0.1) is 0 Å². The van der Waals surface area contributed by atoms with E-state index < -0.39 is 11.3 Å². The average Bonchev–Trinajstić information content (AvgIpc) is 2.54. The Morgan fingerprint density at radius 3 is 2.33 bits per heavy atom. The highest BCUT2D eigenvalue weighted by Crippen LogP contribution is 2.14. The molecule has 0 atom stereocenters. The second-order valence-electron chi connectivity index (χ2n) is 6.58. The van der Waals surface area contributed by atoms with Crippen molar-refractivity contribution in [3.05, 3.63) is 40.3 Å². The summed E-state index contributed by atoms with van der Waals surface area (Å²) in [5.74, 6) is -0.879. The molecule has 7 nitrogen and oxygen atoms in total. The summed E-state index contributed by atoms with van der Waals surface area (Å²) < 4.78 is 1.28. The molecule has 1 aromatic carbocycles. The Hall–Kier alpha value is -2.70. The molecule has 0 aliphatic heterocycles. The molecule has 1 aromatic heterocycles. The number of benzene rings is 1. The van der Waals surface area contributed by atoms with Crippen molar-refractivity contribution in [3.63, 3.8) is 0 Å². The van der Waals surface area contributed by atoms with Gasteiger partial charge in [0.2, 0.25) is 5.91 Å². The van der Waals surface area contributed by atoms with E-state index in [4.69, 9.17) is 0 Å². The summed E-state index contributed by atoms with van der Waals surface area (Å²) in [6.45, 7) is 7.56. The fraction of sp³-hybridized carbons (Fsp3) is 0.412. The Labute approximate surface area is 140 Å². The van der Waals surface area contributed by atoms with Gasteiger partial charge in [0.15, 0.2) is 5.69 Å². The minimum absolute atomic E-state index is 0.104. The number of carbonyl (C=O) groups excluding carboxylic acids is 2. The van der Waals surface area contributed by atoms with Gasteiger partial charge >= 0.3 is 0 Å². The summed E-state index contributed by atoms with van der Waals surface area (Å²) in [5.41, 5.74) is 3.99. The maximum absolute atomic E-state index is 12.5. The Morgan fingerprint density at radius 2 is 1.75 bits per heavy atom. The van der Waals surface area contributed by atoms with Crippen molar-refractivity contribution >= 4 is 22.6 Å². The molecule has 0 aliphatic carbocycles. The molecule has 128 valence electrons. The van der Waals surface area contributed by atoms with Gasteiger partial charge in [-0.25, -0.2) is 4.68 Å². The molecular formula is C17H22N4O3. The van der Waals surface area contributed by atoms with Crippen LogP contribution in [0.3, 0.4) is 0 Å². The molecule has 0 radical (unpaired) electrons. The molecule has 2 aromatic rings. The van der Waals surface area contributed by atoms with Gasteiger partial charge < -0.3 is 0 Å². The minimum Gasteiger partial charge on any atom is -0.273 e. The number of hydrogen-bond donors (Lipinski definition) is 2. The first-order chi connectivity index (χ1) is 11.3. The molecule has 0 unspecified atom stereocenters. The zero-order valence-corrected chi connectivity index (χ0v) is 14.3. The van der Waals surface area contributed by atoms with E-state index >= 15 is 0 Å². The maximum Gasteiger partial charge on any atom is 0.290 e. The third-order valence-electron chi connectivity index (χ3n) is 3.49. The third-order valence-corrected chi connectivity index (χ3v) is 3.49. The minimum atomic E-state index is -0.635. The van der Waals surface area contributed by atoms with Crippen molar-refractivity contribution in [2.24, 2.45) is 5.41 Å². The van der Waals surface area contributed by atoms with Crippen molar-refractivity contribution in [3.8, 4) is 0 Å². The molecule has 2 rings (SSSR count). The lowest BCUT2D eigenvalue weighted by Gasteiger charge is -2.18. The van der Waals surface area contributed by atoms with Crippen LogP contribution in [-0.4, -0.2) is 21.6 Å². The molecule has 0 bridgehead atoms. The first-order valence-electron chi connectivity index (χ1n) is 7.86. The lowest BCUT2D eigenvalue weighted by molar-refractivity contribution is -0.129. The number of nitrogens with one attached hydrogen (secondary N) is 2. The van der Waals surface area contributed by atoms with Gasteiger partial charge in [0, 0.05) is 17.3 Å². The van der Waals surface area contributed by atoms with E-state index in [1.165, 1.54) is 4.68 Å². The molecule has 0 saturated heterocycles. The maximum atomic E-state index is 12.5. The highest BCUT2D eigenvalue weighted by Gasteiger charge is 2.23. The van der Waals surface area contributed by atoms with E-state index in [0.717, 1.165) is 0 Å². The highest BCUT2D eigenvalue weighted by molar-refractivity contribution is 6.05. The normalized spacial score (nSPS) is 11.3. The van der Waals surface area contributed by atoms with Gasteiger partial charge in [-0.1, -0.05) is 45.9 Å². The molecule has 0 aliphatic rings. The molecule has 2 N–H and O–H groups in total. The molecule has 1 heterocycles. The number of aromatic nitrogens is 2. The molecule has 7 heteroatoms. The monoisotopic (exact) mass is 330 g/mol. The molecule has 0 saturated carbocycles. The van der Waals surface area contributed by atoms with Crippen LogP contribution >= 0.6 is 0 Å². The fourth-order valence-electron chi connectivity index (χ4n) is 2.13. The van der Waals surface area contributed by atoms with Crippen molar-refractivity contribution in [1.82, 2.24) is 20.6 Å². The van der Waals surface area contributed by atoms with Crippen LogP contribution in [0.25, 0.3) is 10.8 Å². The van der Waals surface area contributed by atoms with Gasteiger partial charge in [0.1, 0.15) is 0 Å². The number of carbonyl (C=O) groups is 2. The van der Waals surface area contributed by atoms with Crippen LogP contribution in [0.15, 0.2) is 29.1 Å². The predicted octanol–water partition coefficient (Wildman–Crippen LogP) is 1.61. The second kappa shape index (κ2) is 6.82. The quantitative estimate of drug-likeness (QED) is 0.836. The van der Waals surface area contributed by atoms with Crippen LogP contribution in [-0.2, 0) is 11.3 Å². The Morgan fingerprint density at radius 1 is 1.12 bits per heavy atom. The van der Waals surface area contributed by atoms with Gasteiger partial charge in [-0.05, 0) is 12.5 Å². The fourth-order valence-corrected chi connectivity index (χ4v) is 2.13. The lowest BCUT2D eigenvalue weighted by atomic mass is 9.96. The molecule has 2 amide bonds. The van der Waals surface area contributed by atoms with E-state index in [-0.39, 0.29) is 17.2 Å². The van der Waals surface area contributed by atoms with Crippen molar-refractivity contribution < 1.29 is 9.59 Å². The highest BCUT2D eigenvalue weighted by atomic mass is 16.2. The Bertz CT molecular complexity index is 834. The number of rotatable bonds is 3. The van der Waals surface area contributed by atoms with Crippen LogP contribution < -0.4 is 16.4 Å². The molecule has 0 spiro atoms. The smallest absolute Gasteiger partial charge is 0.273 e. The summed E-state index contributed by atoms with van der Waals surface area (Å²) in [4.78, 5) is 36.7. The van der Waals surface area contributed by atoms with Crippen LogP contribution in [0, 0.1) is 5.41 Å². The van der Waals surface area contributed by atoms with Crippen molar-refractivity contribution in [2.75, 3.05) is 0 Å². The number of nitrogens with zero attached hydrogens (tertiary/aromatic N) is 2. The zero-order chi connectivity index (χ0) is 17.9. The van der Waals surface area contributed by atoms with Crippen LogP contribution in [0.1, 0.15) is 44.6 Å². The summed E-state index contributed by atoms with van der Waals surface area (Å²) >= 11 is 0. The molecule has 0 fully saturated rings. The SMILES string of the molecule is CCCn1nc(C(=O)NNC(=O)C(C)(C)C)c2ccccc2c1=O. The molecule has 24 heavy (non-hydrogen) atoms.